The van der Waals surface area contributed by atoms with Gasteiger partial charge in [0, 0.05) is 5.92 Å². The summed E-state index contributed by atoms with van der Waals surface area (Å²) in [5, 5.41) is 0. The van der Waals surface area contributed by atoms with Gasteiger partial charge in [0.25, 0.3) is 0 Å². The van der Waals surface area contributed by atoms with E-state index in [1.165, 1.54) is 0 Å². The summed E-state index contributed by atoms with van der Waals surface area (Å²) in [5.41, 5.74) is 5.33. The third-order valence-electron chi connectivity index (χ3n) is 2.58. The van der Waals surface area contributed by atoms with E-state index in [2.05, 4.69) is 0 Å². The highest BCUT2D eigenvalue weighted by atomic mass is 19.3. The Morgan fingerprint density at radius 2 is 2.09 bits per heavy atom. The molecule has 1 aliphatic rings. The Morgan fingerprint density at radius 1 is 1.36 bits per heavy atom. The molecule has 0 amide bonds. The van der Waals surface area contributed by atoms with Gasteiger partial charge in [0.1, 0.15) is 0 Å². The molecule has 2 N–H and O–H groups in total. The van der Waals surface area contributed by atoms with Crippen molar-refractivity contribution in [2.45, 2.75) is 32.1 Å². The molecule has 0 aromatic carbocycles. The van der Waals surface area contributed by atoms with Crippen LogP contribution in [0.25, 0.3) is 0 Å². The van der Waals surface area contributed by atoms with Crippen molar-refractivity contribution in [3.63, 3.8) is 0 Å². The second-order valence-corrected chi connectivity index (χ2v) is 3.27. The molecule has 2 atom stereocenters. The average Bonchev–Trinajstić information content (AvgIpc) is 2.36. The molecule has 2 unspecified atom stereocenters. The minimum atomic E-state index is -2.13. The predicted molar refractivity (Wildman–Crippen MR) is 40.5 cm³/mol. The molecule has 11 heavy (non-hydrogen) atoms. The fourth-order valence-corrected chi connectivity index (χ4v) is 1.97. The van der Waals surface area contributed by atoms with E-state index < -0.39 is 6.43 Å². The highest BCUT2D eigenvalue weighted by Gasteiger charge is 2.33. The second kappa shape index (κ2) is 4.00. The number of rotatable bonds is 3. The minimum absolute atomic E-state index is 0.194. The van der Waals surface area contributed by atoms with Crippen molar-refractivity contribution in [3.05, 3.63) is 0 Å². The molecule has 0 aromatic heterocycles. The van der Waals surface area contributed by atoms with Crippen LogP contribution in [-0.4, -0.2) is 13.0 Å². The zero-order valence-electron chi connectivity index (χ0n) is 6.60. The molecule has 0 saturated heterocycles. The molecule has 1 rings (SSSR count). The van der Waals surface area contributed by atoms with Gasteiger partial charge >= 0.3 is 0 Å². The number of alkyl halides is 2. The molecule has 0 bridgehead atoms. The lowest BCUT2D eigenvalue weighted by molar-refractivity contribution is 0.0548. The van der Waals surface area contributed by atoms with Crippen LogP contribution in [-0.2, 0) is 0 Å². The smallest absolute Gasteiger partial charge is 0.241 e. The van der Waals surface area contributed by atoms with Crippen LogP contribution < -0.4 is 5.73 Å². The summed E-state index contributed by atoms with van der Waals surface area (Å²) in [6, 6.07) is 0. The van der Waals surface area contributed by atoms with Crippen LogP contribution in [0.15, 0.2) is 0 Å². The second-order valence-electron chi connectivity index (χ2n) is 3.27. The summed E-state index contributed by atoms with van der Waals surface area (Å²) < 4.78 is 24.5. The van der Waals surface area contributed by atoms with Gasteiger partial charge in [-0.15, -0.1) is 0 Å². The summed E-state index contributed by atoms with van der Waals surface area (Å²) in [4.78, 5) is 0. The quantitative estimate of drug-likeness (QED) is 0.676. The summed E-state index contributed by atoms with van der Waals surface area (Å²) in [6.45, 7) is 0.549. The Kier molecular flexibility index (Phi) is 3.24. The fourth-order valence-electron chi connectivity index (χ4n) is 1.97. The van der Waals surface area contributed by atoms with Crippen molar-refractivity contribution in [1.82, 2.24) is 0 Å². The minimum Gasteiger partial charge on any atom is -0.330 e. The summed E-state index contributed by atoms with van der Waals surface area (Å²) in [6.07, 6.45) is 1.25. The third-order valence-corrected chi connectivity index (χ3v) is 2.58. The first-order chi connectivity index (χ1) is 5.25. The molecule has 0 heterocycles. The van der Waals surface area contributed by atoms with Gasteiger partial charge in [-0.3, -0.25) is 0 Å². The van der Waals surface area contributed by atoms with Crippen molar-refractivity contribution in [1.29, 1.82) is 0 Å². The standard InChI is InChI=1S/C8H15F2N/c9-8(10)7-3-1-2-6(7)4-5-11/h6-8H,1-5,11H2. The van der Waals surface area contributed by atoms with Gasteiger partial charge in [0.2, 0.25) is 6.43 Å². The van der Waals surface area contributed by atoms with Crippen LogP contribution in [0.2, 0.25) is 0 Å². The van der Waals surface area contributed by atoms with Crippen LogP contribution in [0.1, 0.15) is 25.7 Å². The van der Waals surface area contributed by atoms with Gasteiger partial charge in [-0.05, 0) is 31.7 Å². The van der Waals surface area contributed by atoms with Crippen LogP contribution in [0.5, 0.6) is 0 Å². The van der Waals surface area contributed by atoms with Crippen LogP contribution in [0.4, 0.5) is 8.78 Å². The van der Waals surface area contributed by atoms with E-state index >= 15 is 0 Å². The molecule has 0 spiro atoms. The molecule has 66 valence electrons. The first-order valence-corrected chi connectivity index (χ1v) is 4.24. The number of hydrogen-bond acceptors (Lipinski definition) is 1. The molecule has 1 fully saturated rings. The molecule has 0 radical (unpaired) electrons. The maximum atomic E-state index is 12.3. The summed E-state index contributed by atoms with van der Waals surface area (Å²) in [5.74, 6) is -0.168. The lowest BCUT2D eigenvalue weighted by Gasteiger charge is -2.17. The van der Waals surface area contributed by atoms with Gasteiger partial charge in [-0.25, -0.2) is 8.78 Å². The van der Waals surface area contributed by atoms with Gasteiger partial charge < -0.3 is 5.73 Å². The molecule has 1 nitrogen and oxygen atoms in total. The lowest BCUT2D eigenvalue weighted by Crippen LogP contribution is -2.19. The van der Waals surface area contributed by atoms with E-state index in [-0.39, 0.29) is 11.8 Å². The SMILES string of the molecule is NCCC1CCCC1C(F)F. The number of hydrogen-bond donors (Lipinski definition) is 1. The van der Waals surface area contributed by atoms with Gasteiger partial charge in [0.05, 0.1) is 0 Å². The van der Waals surface area contributed by atoms with Gasteiger partial charge in [-0.2, -0.15) is 0 Å². The fraction of sp³-hybridized carbons (Fsp3) is 1.00. The highest BCUT2D eigenvalue weighted by Crippen LogP contribution is 2.37. The zero-order valence-corrected chi connectivity index (χ0v) is 6.60. The van der Waals surface area contributed by atoms with Crippen molar-refractivity contribution in [2.75, 3.05) is 6.54 Å². The molecule has 0 aromatic rings. The van der Waals surface area contributed by atoms with Crippen LogP contribution in [0, 0.1) is 11.8 Å². The van der Waals surface area contributed by atoms with Crippen molar-refractivity contribution in [2.24, 2.45) is 17.6 Å². The third kappa shape index (κ3) is 2.12. The molecule has 3 heteroatoms. The molecular formula is C8H15F2N. The Balaban J connectivity index is 2.37. The maximum Gasteiger partial charge on any atom is 0.241 e. The Hall–Kier alpha value is -0.180. The topological polar surface area (TPSA) is 26.0 Å². The monoisotopic (exact) mass is 163 g/mol. The predicted octanol–water partition coefficient (Wildman–Crippen LogP) is 2.02. The van der Waals surface area contributed by atoms with E-state index in [1.807, 2.05) is 0 Å². The van der Waals surface area contributed by atoms with Crippen molar-refractivity contribution in [3.8, 4) is 0 Å². The van der Waals surface area contributed by atoms with Crippen LogP contribution >= 0.6 is 0 Å². The first kappa shape index (κ1) is 8.91. The molecular weight excluding hydrogens is 148 g/mol. The van der Waals surface area contributed by atoms with E-state index in [4.69, 9.17) is 5.73 Å². The Morgan fingerprint density at radius 3 is 2.64 bits per heavy atom. The van der Waals surface area contributed by atoms with Gasteiger partial charge in [-0.1, -0.05) is 6.42 Å². The molecule has 0 aliphatic heterocycles. The number of nitrogens with two attached hydrogens (primary N) is 1. The highest BCUT2D eigenvalue weighted by molar-refractivity contribution is 4.79. The maximum absolute atomic E-state index is 12.3. The summed E-state index contributed by atoms with van der Waals surface area (Å²) in [7, 11) is 0. The molecule has 1 aliphatic carbocycles. The van der Waals surface area contributed by atoms with Crippen molar-refractivity contribution >= 4 is 0 Å². The Bertz CT molecular complexity index is 117. The van der Waals surface area contributed by atoms with Gasteiger partial charge in [0.15, 0.2) is 0 Å². The van der Waals surface area contributed by atoms with E-state index in [1.54, 1.807) is 0 Å². The Labute approximate surface area is 66.0 Å². The van der Waals surface area contributed by atoms with E-state index in [0.29, 0.717) is 13.0 Å². The average molecular weight is 163 g/mol. The van der Waals surface area contributed by atoms with E-state index in [0.717, 1.165) is 19.3 Å². The lowest BCUT2D eigenvalue weighted by atomic mass is 9.93. The van der Waals surface area contributed by atoms with Crippen LogP contribution in [0.3, 0.4) is 0 Å². The van der Waals surface area contributed by atoms with Crippen molar-refractivity contribution < 1.29 is 8.78 Å². The number of halogens is 2. The van der Waals surface area contributed by atoms with E-state index in [9.17, 15) is 8.78 Å². The normalized spacial score (nSPS) is 31.6. The molecule has 1 saturated carbocycles. The zero-order chi connectivity index (χ0) is 8.27. The largest absolute Gasteiger partial charge is 0.330 e. The summed E-state index contributed by atoms with van der Waals surface area (Å²) >= 11 is 0. The first-order valence-electron chi connectivity index (χ1n) is 4.24.